The topological polar surface area (TPSA) is 421 Å². The van der Waals surface area contributed by atoms with Gasteiger partial charge in [-0.3, -0.25) is 23.2 Å². The number of aromatic nitrogens is 1. The number of anilines is 1. The molecule has 29 heteroatoms. The smallest absolute Gasteiger partial charge is 0.296 e. The van der Waals surface area contributed by atoms with E-state index in [1.165, 1.54) is 43.5 Å². The molecule has 10 N–H and O–H groups in total. The first-order chi connectivity index (χ1) is 29.8. The molecule has 5 aromatic carbocycles. The van der Waals surface area contributed by atoms with Crippen LogP contribution in [-0.4, -0.2) is 96.6 Å². The van der Waals surface area contributed by atoms with Crippen molar-refractivity contribution < 1.29 is 77.0 Å². The third kappa shape index (κ3) is 10.1. The van der Waals surface area contributed by atoms with Gasteiger partial charge in [0.15, 0.2) is 11.5 Å². The summed E-state index contributed by atoms with van der Waals surface area (Å²) in [6.45, 7) is 0.146. The fourth-order valence-electron chi connectivity index (χ4n) is 5.76. The Hall–Kier alpha value is -6.67. The molecule has 0 fully saturated rings. The molecule has 6 rings (SSSR count). The zero-order valence-corrected chi connectivity index (χ0v) is 35.3. The Kier molecular flexibility index (Phi) is 12.8. The van der Waals surface area contributed by atoms with Crippen molar-refractivity contribution in [2.45, 2.75) is 32.6 Å². The van der Waals surface area contributed by atoms with Crippen LogP contribution in [0.2, 0.25) is 0 Å². The van der Waals surface area contributed by atoms with Gasteiger partial charge in [-0.25, -0.2) is 0 Å². The second kappa shape index (κ2) is 17.5. The predicted octanol–water partition coefficient (Wildman–Crippen LogP) is 5.65. The number of azo groups is 3. The highest BCUT2D eigenvalue weighted by Crippen LogP contribution is 2.45. The van der Waals surface area contributed by atoms with E-state index < -0.39 is 114 Å². The minimum absolute atomic E-state index is 0.0167. The van der Waals surface area contributed by atoms with E-state index >= 15 is 0 Å². The van der Waals surface area contributed by atoms with Crippen molar-refractivity contribution in [2.75, 3.05) is 18.9 Å². The van der Waals surface area contributed by atoms with Crippen molar-refractivity contribution in [3.05, 3.63) is 78.5 Å². The first-order valence-electron chi connectivity index (χ1n) is 17.3. The number of nitrogen functional groups attached to an aromatic ring is 1. The number of nitrogens with two attached hydrogens (primary N) is 1. The van der Waals surface area contributed by atoms with Crippen LogP contribution in [0.25, 0.3) is 21.7 Å². The van der Waals surface area contributed by atoms with Gasteiger partial charge in [0.1, 0.15) is 66.3 Å². The molecule has 0 saturated carbocycles. The number of pyridine rings is 1. The maximum Gasteiger partial charge on any atom is 0.296 e. The van der Waals surface area contributed by atoms with Crippen molar-refractivity contribution in [1.82, 2.24) is 4.98 Å². The molecule has 0 amide bonds. The zero-order valence-electron chi connectivity index (χ0n) is 32.0. The Morgan fingerprint density at radius 1 is 0.641 bits per heavy atom. The second-order valence-corrected chi connectivity index (χ2v) is 18.8. The van der Waals surface area contributed by atoms with E-state index in [0.29, 0.717) is 0 Å². The summed E-state index contributed by atoms with van der Waals surface area (Å²) in [6, 6.07) is 11.2. The first kappa shape index (κ1) is 46.8. The van der Waals surface area contributed by atoms with E-state index in [2.05, 4.69) is 35.7 Å². The van der Waals surface area contributed by atoms with Crippen LogP contribution in [0.1, 0.15) is 5.56 Å². The van der Waals surface area contributed by atoms with Crippen molar-refractivity contribution in [3.8, 4) is 17.2 Å². The Balaban J connectivity index is 1.39. The van der Waals surface area contributed by atoms with E-state index in [-0.39, 0.29) is 50.1 Å². The van der Waals surface area contributed by atoms with Crippen LogP contribution in [0.15, 0.2) is 123 Å². The van der Waals surface area contributed by atoms with Gasteiger partial charge in [0, 0.05) is 23.0 Å². The third-order valence-corrected chi connectivity index (χ3v) is 12.3. The lowest BCUT2D eigenvalue weighted by molar-refractivity contribution is 0.0538. The Bertz CT molecular complexity index is 3460. The van der Waals surface area contributed by atoms with Gasteiger partial charge in [0.05, 0.1) is 23.7 Å². The summed E-state index contributed by atoms with van der Waals surface area (Å²) in [5, 5.41) is 63.6. The summed E-state index contributed by atoms with van der Waals surface area (Å²) in [6.07, 6.45) is -0.221. The van der Waals surface area contributed by atoms with E-state index in [1.807, 2.05) is 0 Å². The molecule has 1 heterocycles. The Labute approximate surface area is 360 Å². The monoisotopic (exact) mass is 962 g/mol. The quantitative estimate of drug-likeness (QED) is 0.0361. The minimum Gasteiger partial charge on any atom is -0.505 e. The number of aryl methyl sites for hydroxylation is 1. The van der Waals surface area contributed by atoms with Crippen molar-refractivity contribution in [2.24, 2.45) is 30.7 Å². The largest absolute Gasteiger partial charge is 0.505 e. The average Bonchev–Trinajstić information content (AvgIpc) is 3.20. The molecule has 25 nitrogen and oxygen atoms in total. The number of aromatic hydroxyl groups is 2. The SMILES string of the molecule is Cc1cc(N=Nc2c(S(=O)(=O)O)cc3cc(S(=O)(=O)O)c(N)cc3c2O)c(OCC(O)CO)cc1N=Nc1ccc(N=Nc2cc(S(=O)(=O)O)c3cccnc3c2O)c(S(=O)(=O)O)c1. The van der Waals surface area contributed by atoms with Crippen LogP contribution in [0.3, 0.4) is 0 Å². The summed E-state index contributed by atoms with van der Waals surface area (Å²) < 4.78 is 142. The van der Waals surface area contributed by atoms with E-state index in [1.54, 1.807) is 0 Å². The Morgan fingerprint density at radius 2 is 1.25 bits per heavy atom. The number of aliphatic hydroxyl groups excluding tert-OH is 2. The van der Waals surface area contributed by atoms with Crippen LogP contribution in [0, 0.1) is 6.92 Å². The van der Waals surface area contributed by atoms with E-state index in [4.69, 9.17) is 10.5 Å². The third-order valence-electron chi connectivity index (χ3n) is 8.76. The average molecular weight is 963 g/mol. The number of rotatable bonds is 14. The first-order valence-corrected chi connectivity index (χ1v) is 23.1. The molecular weight excluding hydrogens is 933 g/mol. The van der Waals surface area contributed by atoms with E-state index in [0.717, 1.165) is 36.4 Å². The maximum absolute atomic E-state index is 12.4. The lowest BCUT2D eigenvalue weighted by atomic mass is 10.1. The maximum atomic E-state index is 12.4. The standard InChI is InChI=1S/C35H30N8O17S4/c1-16-7-25(41-43-33-31(64(57,58)59)9-17-8-29(62(51,52)53)22(36)11-21(17)34(33)46)27(60-15-19(45)14-44)12-24(16)40-38-18-4-5-23(30(10-18)63(54,55)56)39-42-26-13-28(61(48,49)50)20-3-2-6-37-32(20)35(26)47/h2-13,19,44-47H,14-15,36H2,1H3,(H,48,49,50)(H,51,52,53)(H,54,55,56)(H,57,58,59). The predicted molar refractivity (Wildman–Crippen MR) is 221 cm³/mol. The van der Waals surface area contributed by atoms with Crippen molar-refractivity contribution in [3.63, 3.8) is 0 Å². The zero-order chi connectivity index (χ0) is 47.1. The molecule has 0 saturated heterocycles. The number of fused-ring (bicyclic) bond motifs is 2. The van der Waals surface area contributed by atoms with Gasteiger partial charge in [-0.2, -0.15) is 43.9 Å². The highest BCUT2D eigenvalue weighted by Gasteiger charge is 2.26. The van der Waals surface area contributed by atoms with E-state index in [9.17, 15) is 72.3 Å². The van der Waals surface area contributed by atoms with Crippen LogP contribution in [0.5, 0.6) is 17.2 Å². The van der Waals surface area contributed by atoms with Gasteiger partial charge in [0.25, 0.3) is 40.5 Å². The number of hydrogen-bond donors (Lipinski definition) is 9. The summed E-state index contributed by atoms with van der Waals surface area (Å²) in [7, 11) is -20.1. The fourth-order valence-corrected chi connectivity index (χ4v) is 8.40. The lowest BCUT2D eigenvalue weighted by Crippen LogP contribution is -2.21. The molecule has 0 radical (unpaired) electrons. The van der Waals surface area contributed by atoms with Gasteiger partial charge in [0.2, 0.25) is 0 Å². The second-order valence-electron chi connectivity index (χ2n) is 13.2. The molecule has 64 heavy (non-hydrogen) atoms. The molecular formula is C35H30N8O17S4. The van der Waals surface area contributed by atoms with Gasteiger partial charge in [-0.1, -0.05) is 0 Å². The van der Waals surface area contributed by atoms with Gasteiger partial charge < -0.3 is 30.9 Å². The molecule has 1 aromatic heterocycles. The van der Waals surface area contributed by atoms with Gasteiger partial charge in [-0.15, -0.1) is 20.5 Å². The fraction of sp³-hybridized carbons (Fsp3) is 0.114. The van der Waals surface area contributed by atoms with Crippen LogP contribution < -0.4 is 10.5 Å². The number of nitrogens with zero attached hydrogens (tertiary/aromatic N) is 7. The lowest BCUT2D eigenvalue weighted by Gasteiger charge is -2.14. The number of hydrogen-bond acceptors (Lipinski definition) is 21. The Morgan fingerprint density at radius 3 is 1.89 bits per heavy atom. The van der Waals surface area contributed by atoms with Gasteiger partial charge in [-0.05, 0) is 78.5 Å². The summed E-state index contributed by atoms with van der Waals surface area (Å²) in [5.74, 6) is -1.89. The number of aliphatic hydroxyl groups is 2. The molecule has 0 spiro atoms. The van der Waals surface area contributed by atoms with Crippen LogP contribution in [-0.2, 0) is 40.5 Å². The molecule has 0 aliphatic rings. The van der Waals surface area contributed by atoms with Crippen LogP contribution >= 0.6 is 0 Å². The van der Waals surface area contributed by atoms with Crippen LogP contribution in [0.4, 0.5) is 39.8 Å². The number of phenols is 2. The van der Waals surface area contributed by atoms with Gasteiger partial charge >= 0.3 is 0 Å². The molecule has 1 unspecified atom stereocenters. The normalized spacial score (nSPS) is 13.5. The molecule has 0 aliphatic carbocycles. The number of benzene rings is 5. The summed E-state index contributed by atoms with van der Waals surface area (Å²) in [4.78, 5) is 0.438. The van der Waals surface area contributed by atoms with Crippen molar-refractivity contribution >= 4 is 102 Å². The van der Waals surface area contributed by atoms with Crippen molar-refractivity contribution in [1.29, 1.82) is 0 Å². The minimum atomic E-state index is -5.22. The highest BCUT2D eigenvalue weighted by molar-refractivity contribution is 7.86. The highest BCUT2D eigenvalue weighted by atomic mass is 32.2. The number of ether oxygens (including phenoxy) is 1. The molecule has 0 bridgehead atoms. The molecule has 336 valence electrons. The summed E-state index contributed by atoms with van der Waals surface area (Å²) >= 11 is 0. The summed E-state index contributed by atoms with van der Waals surface area (Å²) in [5.41, 5.74) is 2.73. The molecule has 1 atom stereocenters. The number of phenolic OH excluding ortho intramolecular Hbond substituents is 2. The molecule has 6 aromatic rings. The molecule has 0 aliphatic heterocycles.